The van der Waals surface area contributed by atoms with Crippen LogP contribution in [0.4, 0.5) is 5.69 Å². The third-order valence-corrected chi connectivity index (χ3v) is 4.26. The number of hydrogen-bond acceptors (Lipinski definition) is 4. The highest BCUT2D eigenvalue weighted by molar-refractivity contribution is 6.32. The van der Waals surface area contributed by atoms with E-state index in [-0.39, 0.29) is 11.8 Å². The summed E-state index contributed by atoms with van der Waals surface area (Å²) in [5.41, 5.74) is 1.10. The molecule has 0 bridgehead atoms. The van der Waals surface area contributed by atoms with Gasteiger partial charge >= 0.3 is 0 Å². The number of anilines is 1. The predicted octanol–water partition coefficient (Wildman–Crippen LogP) is 1.93. The molecule has 0 aliphatic carbocycles. The summed E-state index contributed by atoms with van der Waals surface area (Å²) in [6.45, 7) is 2.42. The zero-order valence-corrected chi connectivity index (χ0v) is 12.6. The highest BCUT2D eigenvalue weighted by Gasteiger charge is 2.36. The second kappa shape index (κ2) is 5.52. The summed E-state index contributed by atoms with van der Waals surface area (Å²) in [6, 6.07) is 13.4. The molecule has 4 rings (SSSR count). The molecule has 1 fully saturated rings. The number of hydrogen-bond donors (Lipinski definition) is 0. The van der Waals surface area contributed by atoms with E-state index in [0.29, 0.717) is 37.7 Å². The zero-order chi connectivity index (χ0) is 15.8. The van der Waals surface area contributed by atoms with E-state index < -0.39 is 0 Å². The van der Waals surface area contributed by atoms with Crippen molar-refractivity contribution in [3.8, 4) is 0 Å². The maximum absolute atomic E-state index is 12.8. The second-order valence-electron chi connectivity index (χ2n) is 5.61. The summed E-state index contributed by atoms with van der Waals surface area (Å²) in [5, 5.41) is 1.90. The van der Waals surface area contributed by atoms with Gasteiger partial charge in [0.1, 0.15) is 5.70 Å². The van der Waals surface area contributed by atoms with Gasteiger partial charge in [0.2, 0.25) is 0 Å². The SMILES string of the molecule is O=C1C=C(N2CCOCC2)C(=O)N1c1cccc2ccccc12. The van der Waals surface area contributed by atoms with Crippen LogP contribution in [0.15, 0.2) is 54.2 Å². The van der Waals surface area contributed by atoms with Gasteiger partial charge in [0.15, 0.2) is 0 Å². The van der Waals surface area contributed by atoms with Crippen molar-refractivity contribution in [1.29, 1.82) is 0 Å². The molecule has 0 atom stereocenters. The van der Waals surface area contributed by atoms with E-state index in [0.717, 1.165) is 10.8 Å². The number of imide groups is 1. The average molecular weight is 308 g/mol. The molecule has 0 spiro atoms. The third-order valence-electron chi connectivity index (χ3n) is 4.26. The zero-order valence-electron chi connectivity index (χ0n) is 12.6. The summed E-state index contributed by atoms with van der Waals surface area (Å²) in [7, 11) is 0. The van der Waals surface area contributed by atoms with Crippen molar-refractivity contribution in [2.75, 3.05) is 31.2 Å². The Morgan fingerprint density at radius 3 is 2.48 bits per heavy atom. The Hall–Kier alpha value is -2.66. The van der Waals surface area contributed by atoms with E-state index >= 15 is 0 Å². The minimum atomic E-state index is -0.284. The Bertz CT molecular complexity index is 817. The van der Waals surface area contributed by atoms with Crippen LogP contribution in [0, 0.1) is 0 Å². The summed E-state index contributed by atoms with van der Waals surface area (Å²) in [5.74, 6) is -0.541. The van der Waals surface area contributed by atoms with Gasteiger partial charge < -0.3 is 9.64 Å². The lowest BCUT2D eigenvalue weighted by atomic mass is 10.1. The quantitative estimate of drug-likeness (QED) is 0.796. The van der Waals surface area contributed by atoms with E-state index in [1.807, 2.05) is 47.4 Å². The van der Waals surface area contributed by atoms with E-state index in [9.17, 15) is 9.59 Å². The minimum absolute atomic E-state index is 0.256. The molecule has 5 heteroatoms. The molecule has 2 aromatic carbocycles. The molecule has 116 valence electrons. The maximum atomic E-state index is 12.8. The first-order valence-corrected chi connectivity index (χ1v) is 7.66. The van der Waals surface area contributed by atoms with Gasteiger partial charge in [-0.2, -0.15) is 0 Å². The van der Waals surface area contributed by atoms with Crippen LogP contribution in [0.5, 0.6) is 0 Å². The van der Waals surface area contributed by atoms with Crippen LogP contribution in [0.2, 0.25) is 0 Å². The number of fused-ring (bicyclic) bond motifs is 1. The fourth-order valence-corrected chi connectivity index (χ4v) is 3.12. The number of ether oxygens (including phenoxy) is 1. The second-order valence-corrected chi connectivity index (χ2v) is 5.61. The van der Waals surface area contributed by atoms with E-state index in [2.05, 4.69) is 0 Å². The van der Waals surface area contributed by atoms with Crippen molar-refractivity contribution < 1.29 is 14.3 Å². The van der Waals surface area contributed by atoms with Crippen molar-refractivity contribution in [1.82, 2.24) is 4.90 Å². The normalized spacial score (nSPS) is 18.7. The van der Waals surface area contributed by atoms with Gasteiger partial charge in [-0.25, -0.2) is 4.90 Å². The van der Waals surface area contributed by atoms with Crippen molar-refractivity contribution >= 4 is 28.3 Å². The van der Waals surface area contributed by atoms with E-state index in [1.165, 1.54) is 11.0 Å². The molecular weight excluding hydrogens is 292 g/mol. The molecule has 2 heterocycles. The standard InChI is InChI=1S/C18H16N2O3/c21-17-12-16(19-8-10-23-11-9-19)18(22)20(17)15-7-3-5-13-4-1-2-6-14(13)15/h1-7,12H,8-11H2. The number of morpholine rings is 1. The fraction of sp³-hybridized carbons (Fsp3) is 0.222. The number of rotatable bonds is 2. The van der Waals surface area contributed by atoms with Crippen molar-refractivity contribution in [3.05, 3.63) is 54.2 Å². The molecule has 0 unspecified atom stereocenters. The largest absolute Gasteiger partial charge is 0.378 e. The first-order valence-electron chi connectivity index (χ1n) is 7.66. The van der Waals surface area contributed by atoms with Crippen LogP contribution < -0.4 is 4.90 Å². The van der Waals surface area contributed by atoms with Crippen LogP contribution in [0.25, 0.3) is 10.8 Å². The molecule has 2 aromatic rings. The number of carbonyl (C=O) groups excluding carboxylic acids is 2. The minimum Gasteiger partial charge on any atom is -0.378 e. The number of nitrogens with zero attached hydrogens (tertiary/aromatic N) is 2. The highest BCUT2D eigenvalue weighted by Crippen LogP contribution is 2.31. The number of carbonyl (C=O) groups is 2. The van der Waals surface area contributed by atoms with E-state index in [4.69, 9.17) is 4.74 Å². The molecule has 5 nitrogen and oxygen atoms in total. The Balaban J connectivity index is 1.73. The van der Waals surface area contributed by atoms with Gasteiger partial charge in [0.05, 0.1) is 18.9 Å². The van der Waals surface area contributed by atoms with Crippen molar-refractivity contribution in [3.63, 3.8) is 0 Å². The Morgan fingerprint density at radius 1 is 0.913 bits per heavy atom. The van der Waals surface area contributed by atoms with Crippen molar-refractivity contribution in [2.45, 2.75) is 0 Å². The van der Waals surface area contributed by atoms with Gasteiger partial charge in [-0.1, -0.05) is 36.4 Å². The van der Waals surface area contributed by atoms with Gasteiger partial charge in [-0.05, 0) is 11.5 Å². The molecule has 0 radical (unpaired) electrons. The topological polar surface area (TPSA) is 49.9 Å². The number of amides is 2. The molecule has 23 heavy (non-hydrogen) atoms. The van der Waals surface area contributed by atoms with E-state index in [1.54, 1.807) is 0 Å². The Labute approximate surface area is 133 Å². The first kappa shape index (κ1) is 14.0. The average Bonchev–Trinajstić information content (AvgIpc) is 2.90. The lowest BCUT2D eigenvalue weighted by molar-refractivity contribution is -0.121. The molecule has 2 amide bonds. The summed E-state index contributed by atoms with van der Waals surface area (Å²) >= 11 is 0. The lowest BCUT2D eigenvalue weighted by Crippen LogP contribution is -2.40. The van der Waals surface area contributed by atoms with Gasteiger partial charge in [-0.3, -0.25) is 9.59 Å². The van der Waals surface area contributed by atoms with Crippen LogP contribution >= 0.6 is 0 Å². The first-order chi connectivity index (χ1) is 11.3. The summed E-state index contributed by atoms with van der Waals surface area (Å²) in [6.07, 6.45) is 1.44. The molecule has 1 saturated heterocycles. The van der Waals surface area contributed by atoms with Crippen LogP contribution in [-0.2, 0) is 14.3 Å². The Kier molecular flexibility index (Phi) is 3.35. The van der Waals surface area contributed by atoms with Gasteiger partial charge in [0, 0.05) is 24.6 Å². The smallest absolute Gasteiger partial charge is 0.281 e. The molecule has 2 aliphatic rings. The molecule has 0 aromatic heterocycles. The van der Waals surface area contributed by atoms with Gasteiger partial charge in [0.25, 0.3) is 11.8 Å². The molecule has 0 saturated carbocycles. The van der Waals surface area contributed by atoms with Crippen LogP contribution in [-0.4, -0.2) is 43.0 Å². The predicted molar refractivity (Wildman–Crippen MR) is 86.9 cm³/mol. The monoisotopic (exact) mass is 308 g/mol. The van der Waals surface area contributed by atoms with Crippen LogP contribution in [0.1, 0.15) is 0 Å². The third kappa shape index (κ3) is 2.29. The Morgan fingerprint density at radius 2 is 1.65 bits per heavy atom. The molecule has 2 aliphatic heterocycles. The van der Waals surface area contributed by atoms with Gasteiger partial charge in [-0.15, -0.1) is 0 Å². The van der Waals surface area contributed by atoms with Crippen LogP contribution in [0.3, 0.4) is 0 Å². The fourth-order valence-electron chi connectivity index (χ4n) is 3.12. The lowest BCUT2D eigenvalue weighted by Gasteiger charge is -2.29. The van der Waals surface area contributed by atoms with Crippen molar-refractivity contribution in [2.24, 2.45) is 0 Å². The number of benzene rings is 2. The highest BCUT2D eigenvalue weighted by atomic mass is 16.5. The molecule has 0 N–H and O–H groups in total. The summed E-state index contributed by atoms with van der Waals surface area (Å²) < 4.78 is 5.31. The summed E-state index contributed by atoms with van der Waals surface area (Å²) in [4.78, 5) is 28.5. The maximum Gasteiger partial charge on any atom is 0.281 e. The molecular formula is C18H16N2O3.